The van der Waals surface area contributed by atoms with Gasteiger partial charge in [-0.3, -0.25) is 9.59 Å². The van der Waals surface area contributed by atoms with Crippen molar-refractivity contribution in [1.82, 2.24) is 10.2 Å². The molecule has 0 spiro atoms. The summed E-state index contributed by atoms with van der Waals surface area (Å²) in [4.78, 5) is 23.2. The van der Waals surface area contributed by atoms with E-state index in [4.69, 9.17) is 0 Å². The number of nitrogens with zero attached hydrogens (tertiary/aromatic N) is 1. The van der Waals surface area contributed by atoms with Crippen LogP contribution in [0.15, 0.2) is 0 Å². The van der Waals surface area contributed by atoms with Gasteiger partial charge in [0.25, 0.3) is 0 Å². The van der Waals surface area contributed by atoms with E-state index >= 15 is 0 Å². The molecule has 4 nitrogen and oxygen atoms in total. The molecule has 0 bridgehead atoms. The number of halogens is 3. The second-order valence-electron chi connectivity index (χ2n) is 5.13. The van der Waals surface area contributed by atoms with Gasteiger partial charge in [0.2, 0.25) is 5.91 Å². The van der Waals surface area contributed by atoms with Crippen molar-refractivity contribution in [3.63, 3.8) is 0 Å². The molecule has 1 rings (SSSR count). The summed E-state index contributed by atoms with van der Waals surface area (Å²) in [5, 5.41) is 2.76. The van der Waals surface area contributed by atoms with Gasteiger partial charge < -0.3 is 10.2 Å². The predicted octanol–water partition coefficient (Wildman–Crippen LogP) is 1.56. The average molecular weight is 280 g/mol. The Bertz CT molecular complexity index is 334. The van der Waals surface area contributed by atoms with E-state index in [2.05, 4.69) is 5.32 Å². The topological polar surface area (TPSA) is 49.4 Å². The Hall–Kier alpha value is -1.27. The smallest absolute Gasteiger partial charge is 0.356 e. The Morgan fingerprint density at radius 2 is 1.79 bits per heavy atom. The number of carbonyl (C=O) groups excluding carboxylic acids is 2. The number of carbonyl (C=O) groups is 2. The molecule has 0 aliphatic carbocycles. The highest BCUT2D eigenvalue weighted by Gasteiger charge is 2.43. The molecule has 1 fully saturated rings. The van der Waals surface area contributed by atoms with Gasteiger partial charge in [0.1, 0.15) is 0 Å². The van der Waals surface area contributed by atoms with Crippen LogP contribution in [0.1, 0.15) is 26.7 Å². The first-order valence-corrected chi connectivity index (χ1v) is 6.35. The van der Waals surface area contributed by atoms with E-state index in [-0.39, 0.29) is 30.8 Å². The molecule has 0 unspecified atom stereocenters. The molecule has 1 saturated heterocycles. The summed E-state index contributed by atoms with van der Waals surface area (Å²) < 4.78 is 36.7. The molecule has 1 aliphatic heterocycles. The lowest BCUT2D eigenvalue weighted by molar-refractivity contribution is -0.186. The summed E-state index contributed by atoms with van der Waals surface area (Å²) in [6, 6.07) is 0. The van der Waals surface area contributed by atoms with Gasteiger partial charge in [-0.25, -0.2) is 0 Å². The minimum Gasteiger partial charge on any atom is -0.356 e. The summed E-state index contributed by atoms with van der Waals surface area (Å²) in [6.07, 6.45) is -3.82. The Morgan fingerprint density at radius 1 is 1.26 bits per heavy atom. The van der Waals surface area contributed by atoms with Crippen molar-refractivity contribution in [2.24, 2.45) is 11.8 Å². The van der Waals surface area contributed by atoms with Gasteiger partial charge in [0, 0.05) is 25.6 Å². The van der Waals surface area contributed by atoms with Gasteiger partial charge >= 0.3 is 12.1 Å². The van der Waals surface area contributed by atoms with E-state index in [1.807, 2.05) is 0 Å². The van der Waals surface area contributed by atoms with Crippen LogP contribution < -0.4 is 5.32 Å². The SMILES string of the molecule is CC(C)C(=O)NCC1CCN(C(=O)C(F)(F)F)CC1. The van der Waals surface area contributed by atoms with Crippen LogP contribution in [0.4, 0.5) is 13.2 Å². The predicted molar refractivity (Wildman–Crippen MR) is 63.2 cm³/mol. The molecule has 110 valence electrons. The molecule has 1 aliphatic rings. The maximum atomic E-state index is 12.2. The fourth-order valence-electron chi connectivity index (χ4n) is 1.97. The number of hydrogen-bond acceptors (Lipinski definition) is 2. The van der Waals surface area contributed by atoms with Crippen molar-refractivity contribution in [3.8, 4) is 0 Å². The van der Waals surface area contributed by atoms with Crippen molar-refractivity contribution >= 4 is 11.8 Å². The average Bonchev–Trinajstić information content (AvgIpc) is 2.34. The zero-order valence-corrected chi connectivity index (χ0v) is 11.1. The number of likely N-dealkylation sites (tertiary alicyclic amines) is 1. The number of nitrogens with one attached hydrogen (secondary N) is 1. The highest BCUT2D eigenvalue weighted by atomic mass is 19.4. The normalized spacial score (nSPS) is 17.7. The van der Waals surface area contributed by atoms with Crippen LogP contribution in [0.2, 0.25) is 0 Å². The van der Waals surface area contributed by atoms with Crippen LogP contribution in [-0.4, -0.2) is 42.5 Å². The number of piperidine rings is 1. The molecule has 2 amide bonds. The van der Waals surface area contributed by atoms with Crippen molar-refractivity contribution in [2.75, 3.05) is 19.6 Å². The molecular weight excluding hydrogens is 261 g/mol. The lowest BCUT2D eigenvalue weighted by Gasteiger charge is -2.32. The Morgan fingerprint density at radius 3 is 2.21 bits per heavy atom. The van der Waals surface area contributed by atoms with Crippen LogP contribution >= 0.6 is 0 Å². The van der Waals surface area contributed by atoms with Crippen LogP contribution in [0.5, 0.6) is 0 Å². The Balaban J connectivity index is 2.33. The molecule has 0 aromatic carbocycles. The standard InChI is InChI=1S/C12H19F3N2O2/c1-8(2)10(18)16-7-9-3-5-17(6-4-9)11(19)12(13,14)15/h8-9H,3-7H2,1-2H3,(H,16,18). The first-order valence-electron chi connectivity index (χ1n) is 6.35. The number of alkyl halides is 3. The van der Waals surface area contributed by atoms with Crippen LogP contribution in [0.25, 0.3) is 0 Å². The third kappa shape index (κ3) is 4.72. The zero-order chi connectivity index (χ0) is 14.6. The Labute approximate surface area is 110 Å². The molecule has 0 aromatic heterocycles. The number of hydrogen-bond donors (Lipinski definition) is 1. The van der Waals surface area contributed by atoms with Crippen LogP contribution in [0, 0.1) is 11.8 Å². The number of rotatable bonds is 3. The molecule has 0 atom stereocenters. The van der Waals surface area contributed by atoms with E-state index in [1.165, 1.54) is 0 Å². The third-order valence-corrected chi connectivity index (χ3v) is 3.23. The molecule has 0 saturated carbocycles. The maximum absolute atomic E-state index is 12.2. The van der Waals surface area contributed by atoms with E-state index in [9.17, 15) is 22.8 Å². The number of amides is 2. The van der Waals surface area contributed by atoms with Gasteiger partial charge in [-0.15, -0.1) is 0 Å². The first-order chi connectivity index (χ1) is 8.71. The first kappa shape index (κ1) is 15.8. The molecule has 1 heterocycles. The highest BCUT2D eigenvalue weighted by molar-refractivity contribution is 5.82. The summed E-state index contributed by atoms with van der Waals surface area (Å²) in [5.41, 5.74) is 0. The largest absolute Gasteiger partial charge is 0.471 e. The molecule has 19 heavy (non-hydrogen) atoms. The van der Waals surface area contributed by atoms with Crippen molar-refractivity contribution < 1.29 is 22.8 Å². The summed E-state index contributed by atoms with van der Waals surface area (Å²) in [6.45, 7) is 4.21. The highest BCUT2D eigenvalue weighted by Crippen LogP contribution is 2.23. The summed E-state index contributed by atoms with van der Waals surface area (Å²) in [5.74, 6) is -1.79. The van der Waals surface area contributed by atoms with Crippen molar-refractivity contribution in [2.45, 2.75) is 32.9 Å². The summed E-state index contributed by atoms with van der Waals surface area (Å²) in [7, 11) is 0. The van der Waals surface area contributed by atoms with E-state index < -0.39 is 12.1 Å². The molecule has 7 heteroatoms. The second kappa shape index (κ2) is 6.25. The van der Waals surface area contributed by atoms with E-state index in [0.29, 0.717) is 19.4 Å². The second-order valence-corrected chi connectivity index (χ2v) is 5.13. The monoisotopic (exact) mass is 280 g/mol. The molecule has 0 aromatic rings. The van der Waals surface area contributed by atoms with Crippen molar-refractivity contribution in [3.05, 3.63) is 0 Å². The minimum atomic E-state index is -4.79. The van der Waals surface area contributed by atoms with Crippen molar-refractivity contribution in [1.29, 1.82) is 0 Å². The molecule has 0 radical (unpaired) electrons. The Kier molecular flexibility index (Phi) is 5.20. The molecular formula is C12H19F3N2O2. The van der Waals surface area contributed by atoms with Gasteiger partial charge in [0.05, 0.1) is 0 Å². The summed E-state index contributed by atoms with van der Waals surface area (Å²) >= 11 is 0. The third-order valence-electron chi connectivity index (χ3n) is 3.23. The zero-order valence-electron chi connectivity index (χ0n) is 11.1. The van der Waals surface area contributed by atoms with Gasteiger partial charge in [-0.1, -0.05) is 13.8 Å². The lowest BCUT2D eigenvalue weighted by Crippen LogP contribution is -2.46. The quantitative estimate of drug-likeness (QED) is 0.853. The lowest BCUT2D eigenvalue weighted by atomic mass is 9.96. The van der Waals surface area contributed by atoms with Gasteiger partial charge in [-0.05, 0) is 18.8 Å². The minimum absolute atomic E-state index is 0.0613. The van der Waals surface area contributed by atoms with E-state index in [1.54, 1.807) is 13.8 Å². The van der Waals surface area contributed by atoms with Gasteiger partial charge in [0.15, 0.2) is 0 Å². The fourth-order valence-corrected chi connectivity index (χ4v) is 1.97. The molecule has 1 N–H and O–H groups in total. The van der Waals surface area contributed by atoms with Crippen LogP contribution in [0.3, 0.4) is 0 Å². The van der Waals surface area contributed by atoms with Gasteiger partial charge in [-0.2, -0.15) is 13.2 Å². The van der Waals surface area contributed by atoms with E-state index in [0.717, 1.165) is 4.90 Å². The fraction of sp³-hybridized carbons (Fsp3) is 0.833. The van der Waals surface area contributed by atoms with Crippen LogP contribution in [-0.2, 0) is 9.59 Å². The maximum Gasteiger partial charge on any atom is 0.471 e.